The lowest BCUT2D eigenvalue weighted by Crippen LogP contribution is -2.54. The summed E-state index contributed by atoms with van der Waals surface area (Å²) >= 11 is 6.36. The average molecular weight is 555 g/mol. The number of carbonyl (C=O) groups excluding carboxylic acids is 3. The van der Waals surface area contributed by atoms with E-state index < -0.39 is 28.0 Å². The van der Waals surface area contributed by atoms with Crippen LogP contribution in [-0.2, 0) is 19.7 Å². The molecule has 1 aliphatic heterocycles. The van der Waals surface area contributed by atoms with Crippen LogP contribution in [0, 0.1) is 20.8 Å². The second kappa shape index (κ2) is 10.3. The molecule has 3 aromatic rings. The van der Waals surface area contributed by atoms with Gasteiger partial charge in [0.05, 0.1) is 17.8 Å². The van der Waals surface area contributed by atoms with E-state index in [1.54, 1.807) is 31.2 Å². The van der Waals surface area contributed by atoms with E-state index in [0.717, 1.165) is 16.0 Å². The number of rotatable bonds is 6. The number of imide groups is 2. The van der Waals surface area contributed by atoms with Gasteiger partial charge in [-0.25, -0.2) is 9.69 Å². The van der Waals surface area contributed by atoms with Crippen LogP contribution in [0.5, 0.6) is 11.5 Å². The van der Waals surface area contributed by atoms with Crippen LogP contribution in [-0.4, -0.2) is 33.4 Å². The van der Waals surface area contributed by atoms with E-state index in [4.69, 9.17) is 20.5 Å². The van der Waals surface area contributed by atoms with Crippen LogP contribution in [0.2, 0.25) is 5.02 Å². The van der Waals surface area contributed by atoms with Crippen molar-refractivity contribution in [3.63, 3.8) is 0 Å². The van der Waals surface area contributed by atoms with E-state index in [9.17, 15) is 22.8 Å². The van der Waals surface area contributed by atoms with Gasteiger partial charge >= 0.3 is 16.1 Å². The topological polar surface area (TPSA) is 119 Å². The Hall–Kier alpha value is -4.15. The van der Waals surface area contributed by atoms with Crippen molar-refractivity contribution in [2.75, 3.05) is 12.0 Å². The Morgan fingerprint density at radius 3 is 2.32 bits per heavy atom. The lowest BCUT2D eigenvalue weighted by Gasteiger charge is -2.28. The summed E-state index contributed by atoms with van der Waals surface area (Å²) in [6.07, 6.45) is 1.23. The minimum absolute atomic E-state index is 0.0498. The summed E-state index contributed by atoms with van der Waals surface area (Å²) in [5.74, 6) is -2.03. The second-order valence-electron chi connectivity index (χ2n) is 8.56. The van der Waals surface area contributed by atoms with Gasteiger partial charge in [0, 0.05) is 0 Å². The van der Waals surface area contributed by atoms with Crippen molar-refractivity contribution in [2.45, 2.75) is 25.7 Å². The molecule has 0 aliphatic carbocycles. The molecule has 1 heterocycles. The summed E-state index contributed by atoms with van der Waals surface area (Å²) in [7, 11) is -2.95. The summed E-state index contributed by atoms with van der Waals surface area (Å²) in [6.45, 7) is 5.42. The van der Waals surface area contributed by atoms with Crippen molar-refractivity contribution in [2.24, 2.45) is 0 Å². The van der Waals surface area contributed by atoms with Crippen molar-refractivity contribution in [3.05, 3.63) is 87.4 Å². The Morgan fingerprint density at radius 1 is 0.974 bits per heavy atom. The molecule has 11 heteroatoms. The number of carbonyl (C=O) groups is 3. The molecule has 1 aliphatic rings. The van der Waals surface area contributed by atoms with Gasteiger partial charge in [-0.15, -0.1) is 0 Å². The summed E-state index contributed by atoms with van der Waals surface area (Å²) in [5, 5.41) is 2.03. The molecule has 0 radical (unpaired) electrons. The Morgan fingerprint density at radius 2 is 1.66 bits per heavy atom. The molecule has 196 valence electrons. The molecule has 4 amide bonds. The minimum atomic E-state index is -4.24. The fourth-order valence-corrected chi connectivity index (χ4v) is 5.05. The van der Waals surface area contributed by atoms with E-state index in [0.29, 0.717) is 11.3 Å². The van der Waals surface area contributed by atoms with Gasteiger partial charge in [0.2, 0.25) is 5.75 Å². The third kappa shape index (κ3) is 5.13. The number of hydrogen-bond donors (Lipinski definition) is 1. The Balaban J connectivity index is 1.72. The first kappa shape index (κ1) is 26.9. The maximum absolute atomic E-state index is 13.3. The molecule has 0 aromatic heterocycles. The number of anilines is 1. The summed E-state index contributed by atoms with van der Waals surface area (Å²) < 4.78 is 36.2. The minimum Gasteiger partial charge on any atom is -0.493 e. The van der Waals surface area contributed by atoms with Crippen molar-refractivity contribution >= 4 is 51.3 Å². The Labute approximate surface area is 224 Å². The molecule has 38 heavy (non-hydrogen) atoms. The van der Waals surface area contributed by atoms with Crippen molar-refractivity contribution < 1.29 is 31.7 Å². The Kier molecular flexibility index (Phi) is 7.30. The number of ether oxygens (including phenoxy) is 1. The second-order valence-corrected chi connectivity index (χ2v) is 10.5. The molecule has 9 nitrogen and oxygen atoms in total. The fraction of sp³-hybridized carbons (Fsp3) is 0.148. The number of urea groups is 1. The summed E-state index contributed by atoms with van der Waals surface area (Å²) in [5.41, 5.74) is 2.68. The first-order valence-electron chi connectivity index (χ1n) is 11.3. The maximum Gasteiger partial charge on any atom is 0.339 e. The highest BCUT2D eigenvalue weighted by molar-refractivity contribution is 7.87. The predicted octanol–water partition coefficient (Wildman–Crippen LogP) is 4.71. The van der Waals surface area contributed by atoms with E-state index in [1.807, 2.05) is 19.9 Å². The zero-order chi connectivity index (χ0) is 27.8. The van der Waals surface area contributed by atoms with E-state index in [1.165, 1.54) is 37.5 Å². The first-order chi connectivity index (χ1) is 17.9. The molecule has 0 atom stereocenters. The van der Waals surface area contributed by atoms with Crippen LogP contribution in [0.3, 0.4) is 0 Å². The molecule has 3 aromatic carbocycles. The van der Waals surface area contributed by atoms with Crippen molar-refractivity contribution in [1.82, 2.24) is 5.32 Å². The first-order valence-corrected chi connectivity index (χ1v) is 13.1. The van der Waals surface area contributed by atoms with Gasteiger partial charge in [0.1, 0.15) is 10.5 Å². The number of amides is 4. The van der Waals surface area contributed by atoms with Crippen molar-refractivity contribution in [3.8, 4) is 11.5 Å². The highest BCUT2D eigenvalue weighted by atomic mass is 35.5. The average Bonchev–Trinajstić information content (AvgIpc) is 2.86. The molecule has 0 bridgehead atoms. The van der Waals surface area contributed by atoms with E-state index in [-0.39, 0.29) is 32.6 Å². The third-order valence-corrected chi connectivity index (χ3v) is 7.50. The molecule has 0 spiro atoms. The van der Waals surface area contributed by atoms with Crippen molar-refractivity contribution in [1.29, 1.82) is 0 Å². The van der Waals surface area contributed by atoms with Gasteiger partial charge in [-0.05, 0) is 73.9 Å². The van der Waals surface area contributed by atoms with E-state index in [2.05, 4.69) is 5.32 Å². The number of nitrogens with zero attached hydrogens (tertiary/aromatic N) is 1. The van der Waals surface area contributed by atoms with Crippen LogP contribution in [0.1, 0.15) is 22.3 Å². The van der Waals surface area contributed by atoms with Gasteiger partial charge in [-0.3, -0.25) is 14.9 Å². The lowest BCUT2D eigenvalue weighted by molar-refractivity contribution is -0.122. The standard InChI is InChI=1S/C27H23ClN2O7S/c1-15-8-10-19(11-9-15)38(34,35)37-24-21(28)13-18(14-23(24)36-4)12-20-25(31)29-27(33)30(26(20)32)22-7-5-6-16(2)17(22)3/h5-14H,1-4H3,(H,29,31,33)/b20-12+. The predicted molar refractivity (Wildman–Crippen MR) is 142 cm³/mol. The number of methoxy groups -OCH3 is 1. The number of halogens is 1. The van der Waals surface area contributed by atoms with Gasteiger partial charge in [0.15, 0.2) is 5.75 Å². The number of hydrogen-bond acceptors (Lipinski definition) is 7. The summed E-state index contributed by atoms with van der Waals surface area (Å²) in [4.78, 5) is 39.3. The number of aryl methyl sites for hydroxylation is 2. The van der Waals surface area contributed by atoms with E-state index >= 15 is 0 Å². The summed E-state index contributed by atoms with van der Waals surface area (Å²) in [6, 6.07) is 13.0. The molecule has 1 fully saturated rings. The highest BCUT2D eigenvalue weighted by Gasteiger charge is 2.37. The van der Waals surface area contributed by atoms with Gasteiger partial charge in [-0.1, -0.05) is 41.4 Å². The number of benzene rings is 3. The molecule has 0 unspecified atom stereocenters. The van der Waals surface area contributed by atoms with Gasteiger partial charge in [0.25, 0.3) is 11.8 Å². The monoisotopic (exact) mass is 554 g/mol. The normalized spacial score (nSPS) is 15.0. The van der Waals surface area contributed by atoms with Gasteiger partial charge < -0.3 is 8.92 Å². The zero-order valence-corrected chi connectivity index (χ0v) is 22.4. The smallest absolute Gasteiger partial charge is 0.339 e. The molecule has 1 saturated heterocycles. The largest absolute Gasteiger partial charge is 0.493 e. The SMILES string of the molecule is COc1cc(/C=C2\C(=O)NC(=O)N(c3cccc(C)c3C)C2=O)cc(Cl)c1OS(=O)(=O)c1ccc(C)cc1. The third-order valence-electron chi connectivity index (χ3n) is 5.98. The molecule has 1 N–H and O–H groups in total. The molecular weight excluding hydrogens is 532 g/mol. The lowest BCUT2D eigenvalue weighted by atomic mass is 10.0. The van der Waals surface area contributed by atoms with Crippen LogP contribution < -0.4 is 19.1 Å². The molecular formula is C27H23ClN2O7S. The number of barbiturate groups is 1. The quantitative estimate of drug-likeness (QED) is 0.266. The maximum atomic E-state index is 13.3. The van der Waals surface area contributed by atoms with Crippen LogP contribution in [0.15, 0.2) is 65.1 Å². The van der Waals surface area contributed by atoms with Crippen LogP contribution >= 0.6 is 11.6 Å². The Bertz CT molecular complexity index is 1610. The highest BCUT2D eigenvalue weighted by Crippen LogP contribution is 2.39. The molecule has 0 saturated carbocycles. The zero-order valence-electron chi connectivity index (χ0n) is 20.9. The number of nitrogens with one attached hydrogen (secondary N) is 1. The van der Waals surface area contributed by atoms with Crippen LogP contribution in [0.4, 0.5) is 10.5 Å². The van der Waals surface area contributed by atoms with Gasteiger partial charge in [-0.2, -0.15) is 8.42 Å². The fourth-order valence-electron chi connectivity index (χ4n) is 3.79. The molecule has 4 rings (SSSR count). The van der Waals surface area contributed by atoms with Crippen LogP contribution in [0.25, 0.3) is 6.08 Å².